The maximum absolute atomic E-state index is 11.1. The predicted molar refractivity (Wildman–Crippen MR) is 64.4 cm³/mol. The molecule has 2 fully saturated rings. The van der Waals surface area contributed by atoms with E-state index in [0.29, 0.717) is 12.5 Å². The first-order valence-electron chi connectivity index (χ1n) is 5.96. The van der Waals surface area contributed by atoms with E-state index in [0.717, 1.165) is 17.5 Å². The summed E-state index contributed by atoms with van der Waals surface area (Å²) < 4.78 is 4.36. The highest BCUT2D eigenvalue weighted by atomic mass is 32.1. The minimum absolute atomic E-state index is 0.181. The zero-order valence-electron chi connectivity index (χ0n) is 9.67. The van der Waals surface area contributed by atoms with Gasteiger partial charge in [-0.15, -0.1) is 0 Å². The van der Waals surface area contributed by atoms with Crippen molar-refractivity contribution in [3.8, 4) is 0 Å². The summed E-state index contributed by atoms with van der Waals surface area (Å²) in [5, 5.41) is 9.98. The molecule has 1 N–H and O–H groups in total. The number of hydrogen-bond acceptors (Lipinski definition) is 5. The molecule has 0 amide bonds. The lowest BCUT2D eigenvalue weighted by atomic mass is 9.99. The molecule has 0 aromatic carbocycles. The van der Waals surface area contributed by atoms with Crippen LogP contribution in [0, 0.1) is 11.8 Å². The molecule has 17 heavy (non-hydrogen) atoms. The number of anilines is 1. The summed E-state index contributed by atoms with van der Waals surface area (Å²) in [5.74, 6) is 0.725. The standard InChI is InChI=1S/C11H15N3O2S/c1-6-4-14(5-8(6)10(15)16)11-12-9(13-17-11)7-2-3-7/h6-8H,2-5H2,1H3,(H,15,16)/t6-,8-/m1/s1. The van der Waals surface area contributed by atoms with Gasteiger partial charge in [-0.2, -0.15) is 4.37 Å². The average Bonchev–Trinajstić information content (AvgIpc) is 2.88. The highest BCUT2D eigenvalue weighted by Crippen LogP contribution is 2.40. The molecule has 2 atom stereocenters. The molecule has 3 rings (SSSR count). The van der Waals surface area contributed by atoms with Gasteiger partial charge in [0.25, 0.3) is 0 Å². The predicted octanol–water partition coefficient (Wildman–Crippen LogP) is 1.57. The van der Waals surface area contributed by atoms with Crippen LogP contribution >= 0.6 is 11.5 Å². The van der Waals surface area contributed by atoms with Crippen molar-refractivity contribution in [1.82, 2.24) is 9.36 Å². The summed E-state index contributed by atoms with van der Waals surface area (Å²) >= 11 is 1.40. The Labute approximate surface area is 104 Å². The number of carbonyl (C=O) groups is 1. The molecule has 5 nitrogen and oxygen atoms in total. The van der Waals surface area contributed by atoms with Gasteiger partial charge in [0, 0.05) is 30.5 Å². The van der Waals surface area contributed by atoms with Crippen LogP contribution < -0.4 is 4.90 Å². The lowest BCUT2D eigenvalue weighted by Gasteiger charge is -2.12. The lowest BCUT2D eigenvalue weighted by molar-refractivity contribution is -0.142. The Kier molecular flexibility index (Phi) is 2.54. The van der Waals surface area contributed by atoms with Crippen LogP contribution in [0.25, 0.3) is 0 Å². The van der Waals surface area contributed by atoms with E-state index in [1.807, 2.05) is 6.92 Å². The van der Waals surface area contributed by atoms with Crippen molar-refractivity contribution in [2.75, 3.05) is 18.0 Å². The van der Waals surface area contributed by atoms with Gasteiger partial charge in [0.15, 0.2) is 0 Å². The van der Waals surface area contributed by atoms with E-state index in [9.17, 15) is 4.79 Å². The molecule has 0 radical (unpaired) electrons. The maximum atomic E-state index is 11.1. The molecule has 6 heteroatoms. The van der Waals surface area contributed by atoms with E-state index in [2.05, 4.69) is 14.3 Å². The topological polar surface area (TPSA) is 66.3 Å². The minimum atomic E-state index is -0.702. The minimum Gasteiger partial charge on any atom is -0.481 e. The van der Waals surface area contributed by atoms with Gasteiger partial charge in [0.1, 0.15) is 5.82 Å². The Bertz CT molecular complexity index is 444. The molecule has 1 aromatic rings. The van der Waals surface area contributed by atoms with Gasteiger partial charge in [-0.25, -0.2) is 4.98 Å². The van der Waals surface area contributed by atoms with E-state index in [4.69, 9.17) is 5.11 Å². The Morgan fingerprint density at radius 3 is 2.82 bits per heavy atom. The molecule has 1 aromatic heterocycles. The van der Waals surface area contributed by atoms with Gasteiger partial charge in [-0.1, -0.05) is 6.92 Å². The maximum Gasteiger partial charge on any atom is 0.308 e. The average molecular weight is 253 g/mol. The van der Waals surface area contributed by atoms with Gasteiger partial charge < -0.3 is 10.0 Å². The second-order valence-electron chi connectivity index (χ2n) is 5.04. The third-order valence-electron chi connectivity index (χ3n) is 3.57. The summed E-state index contributed by atoms with van der Waals surface area (Å²) in [6.07, 6.45) is 2.40. The van der Waals surface area contributed by atoms with Crippen molar-refractivity contribution < 1.29 is 9.90 Å². The van der Waals surface area contributed by atoms with Crippen LogP contribution in [-0.4, -0.2) is 33.5 Å². The molecule has 2 aliphatic rings. The summed E-state index contributed by atoms with van der Waals surface area (Å²) in [6, 6.07) is 0. The van der Waals surface area contributed by atoms with E-state index < -0.39 is 5.97 Å². The van der Waals surface area contributed by atoms with Crippen LogP contribution in [-0.2, 0) is 4.79 Å². The first-order valence-corrected chi connectivity index (χ1v) is 6.74. The fourth-order valence-corrected chi connectivity index (χ4v) is 3.07. The Hall–Kier alpha value is -1.17. The van der Waals surface area contributed by atoms with E-state index >= 15 is 0 Å². The molecule has 92 valence electrons. The zero-order valence-corrected chi connectivity index (χ0v) is 10.5. The monoisotopic (exact) mass is 253 g/mol. The van der Waals surface area contributed by atoms with Gasteiger partial charge >= 0.3 is 5.97 Å². The van der Waals surface area contributed by atoms with Crippen molar-refractivity contribution in [3.05, 3.63) is 5.82 Å². The van der Waals surface area contributed by atoms with Gasteiger partial charge in [0.2, 0.25) is 5.13 Å². The molecule has 1 saturated carbocycles. The van der Waals surface area contributed by atoms with Crippen LogP contribution in [0.3, 0.4) is 0 Å². The van der Waals surface area contributed by atoms with E-state index in [1.165, 1.54) is 24.4 Å². The molecule has 1 saturated heterocycles. The third-order valence-corrected chi connectivity index (χ3v) is 4.36. The Balaban J connectivity index is 1.74. The number of hydrogen-bond donors (Lipinski definition) is 1. The number of rotatable bonds is 3. The smallest absolute Gasteiger partial charge is 0.308 e. The highest BCUT2D eigenvalue weighted by Gasteiger charge is 2.37. The second-order valence-corrected chi connectivity index (χ2v) is 5.77. The summed E-state index contributed by atoms with van der Waals surface area (Å²) in [6.45, 7) is 3.33. The lowest BCUT2D eigenvalue weighted by Crippen LogP contribution is -2.22. The van der Waals surface area contributed by atoms with Crippen molar-refractivity contribution >= 4 is 22.6 Å². The normalized spacial score (nSPS) is 28.6. The highest BCUT2D eigenvalue weighted by molar-refractivity contribution is 7.09. The van der Waals surface area contributed by atoms with Crippen LogP contribution in [0.1, 0.15) is 31.5 Å². The quantitative estimate of drug-likeness (QED) is 0.885. The Morgan fingerprint density at radius 2 is 2.24 bits per heavy atom. The van der Waals surface area contributed by atoms with E-state index in [-0.39, 0.29) is 11.8 Å². The first-order chi connectivity index (χ1) is 8.15. The molecular weight excluding hydrogens is 238 g/mol. The second kappa shape index (κ2) is 3.94. The molecular formula is C11H15N3O2S. The summed E-state index contributed by atoms with van der Waals surface area (Å²) in [5.41, 5.74) is 0. The first kappa shape index (κ1) is 11.0. The molecule has 2 heterocycles. The molecule has 1 aliphatic carbocycles. The van der Waals surface area contributed by atoms with Crippen LogP contribution in [0.2, 0.25) is 0 Å². The fourth-order valence-electron chi connectivity index (χ4n) is 2.31. The molecule has 0 unspecified atom stereocenters. The van der Waals surface area contributed by atoms with Crippen LogP contribution in [0.5, 0.6) is 0 Å². The van der Waals surface area contributed by atoms with Crippen LogP contribution in [0.4, 0.5) is 5.13 Å². The number of carboxylic acids is 1. The number of aromatic nitrogens is 2. The van der Waals surface area contributed by atoms with Crippen LogP contribution in [0.15, 0.2) is 0 Å². The fraction of sp³-hybridized carbons (Fsp3) is 0.727. The van der Waals surface area contributed by atoms with Gasteiger partial charge in [-0.05, 0) is 18.8 Å². The van der Waals surface area contributed by atoms with Crippen molar-refractivity contribution in [2.45, 2.75) is 25.7 Å². The van der Waals surface area contributed by atoms with E-state index in [1.54, 1.807) is 0 Å². The number of nitrogens with zero attached hydrogens (tertiary/aromatic N) is 3. The zero-order chi connectivity index (χ0) is 12.0. The molecule has 0 bridgehead atoms. The number of aliphatic carboxylic acids is 1. The largest absolute Gasteiger partial charge is 0.481 e. The van der Waals surface area contributed by atoms with Gasteiger partial charge in [0.05, 0.1) is 5.92 Å². The van der Waals surface area contributed by atoms with Crippen molar-refractivity contribution in [2.24, 2.45) is 11.8 Å². The molecule has 0 spiro atoms. The summed E-state index contributed by atoms with van der Waals surface area (Å²) in [7, 11) is 0. The number of carboxylic acid groups (broad SMARTS) is 1. The summed E-state index contributed by atoms with van der Waals surface area (Å²) in [4.78, 5) is 17.6. The third kappa shape index (κ3) is 2.01. The van der Waals surface area contributed by atoms with Crippen molar-refractivity contribution in [3.63, 3.8) is 0 Å². The SMILES string of the molecule is C[C@@H]1CN(c2nc(C3CC3)ns2)C[C@H]1C(=O)O. The van der Waals surface area contributed by atoms with Gasteiger partial charge in [-0.3, -0.25) is 4.79 Å². The molecule has 1 aliphatic heterocycles. The van der Waals surface area contributed by atoms with Crippen molar-refractivity contribution in [1.29, 1.82) is 0 Å². The Morgan fingerprint density at radius 1 is 1.47 bits per heavy atom.